The Hall–Kier alpha value is -1.36. The molecular weight excluding hydrogens is 160 g/mol. The van der Waals surface area contributed by atoms with E-state index in [1.54, 1.807) is 6.92 Å². The van der Waals surface area contributed by atoms with Crippen molar-refractivity contribution in [2.45, 2.75) is 13.2 Å². The van der Waals surface area contributed by atoms with Crippen molar-refractivity contribution in [1.29, 1.82) is 0 Å². The van der Waals surface area contributed by atoms with Crippen molar-refractivity contribution in [3.8, 4) is 0 Å². The van der Waals surface area contributed by atoms with Crippen LogP contribution in [0.3, 0.4) is 0 Å². The number of aliphatic hydroxyl groups is 1. The van der Waals surface area contributed by atoms with Crippen LogP contribution < -0.4 is 0 Å². The van der Waals surface area contributed by atoms with Crippen LogP contribution in [0.2, 0.25) is 0 Å². The number of likely N-dealkylation sites (N-methyl/N-ethyl adjacent to an activating group) is 1. The number of carboxylic acids is 1. The molecule has 1 unspecified atom stereocenters. The van der Waals surface area contributed by atoms with E-state index < -0.39 is 12.2 Å². The third kappa shape index (κ3) is 1.45. The summed E-state index contributed by atoms with van der Waals surface area (Å²) in [5.74, 6) is -1.12. The lowest BCUT2D eigenvalue weighted by molar-refractivity contribution is -0.135. The highest BCUT2D eigenvalue weighted by molar-refractivity contribution is 6.01. The van der Waals surface area contributed by atoms with Crippen LogP contribution in [0, 0.1) is 0 Å². The first kappa shape index (κ1) is 8.73. The minimum atomic E-state index is -1.15. The van der Waals surface area contributed by atoms with Crippen molar-refractivity contribution >= 4 is 11.7 Å². The van der Waals surface area contributed by atoms with Gasteiger partial charge in [-0.05, 0) is 13.0 Å². The summed E-state index contributed by atoms with van der Waals surface area (Å²) in [7, 11) is 1.52. The van der Waals surface area contributed by atoms with Gasteiger partial charge in [-0.1, -0.05) is 0 Å². The molecule has 1 rings (SSSR count). The van der Waals surface area contributed by atoms with Crippen molar-refractivity contribution in [2.24, 2.45) is 5.10 Å². The van der Waals surface area contributed by atoms with Crippen LogP contribution in [-0.4, -0.2) is 40.2 Å². The number of carbonyl (C=O) groups is 1. The predicted octanol–water partition coefficient (Wildman–Crippen LogP) is -0.363. The fourth-order valence-electron chi connectivity index (χ4n) is 1.01. The Labute approximate surface area is 69.6 Å². The van der Waals surface area contributed by atoms with Crippen LogP contribution in [0.15, 0.2) is 16.8 Å². The fourth-order valence-corrected chi connectivity index (χ4v) is 1.01. The summed E-state index contributed by atoms with van der Waals surface area (Å²) in [4.78, 5) is 10.5. The first-order chi connectivity index (χ1) is 5.52. The van der Waals surface area contributed by atoms with Gasteiger partial charge in [0.25, 0.3) is 0 Å². The van der Waals surface area contributed by atoms with E-state index in [-0.39, 0.29) is 5.57 Å². The van der Waals surface area contributed by atoms with Gasteiger partial charge in [0.15, 0.2) is 6.23 Å². The van der Waals surface area contributed by atoms with E-state index in [0.29, 0.717) is 5.71 Å². The molecule has 1 heterocycles. The molecule has 1 aliphatic heterocycles. The maximum Gasteiger partial charge on any atom is 0.336 e. The summed E-state index contributed by atoms with van der Waals surface area (Å²) in [5, 5.41) is 23.0. The zero-order valence-electron chi connectivity index (χ0n) is 6.85. The molecule has 0 amide bonds. The summed E-state index contributed by atoms with van der Waals surface area (Å²) >= 11 is 0. The molecule has 0 spiro atoms. The average Bonchev–Trinajstić information content (AvgIpc) is 1.96. The number of hydrogen-bond donors (Lipinski definition) is 2. The van der Waals surface area contributed by atoms with Crippen LogP contribution in [-0.2, 0) is 4.79 Å². The molecule has 2 N–H and O–H groups in total. The Morgan fingerprint density at radius 1 is 1.75 bits per heavy atom. The average molecular weight is 170 g/mol. The van der Waals surface area contributed by atoms with E-state index in [4.69, 9.17) is 5.11 Å². The maximum atomic E-state index is 10.5. The second-order valence-corrected chi connectivity index (χ2v) is 2.59. The number of rotatable bonds is 1. The molecule has 0 saturated heterocycles. The van der Waals surface area contributed by atoms with Crippen LogP contribution in [0.5, 0.6) is 0 Å². The van der Waals surface area contributed by atoms with Gasteiger partial charge in [-0.3, -0.25) is 5.01 Å². The van der Waals surface area contributed by atoms with Gasteiger partial charge in [0.05, 0.1) is 11.3 Å². The first-order valence-corrected chi connectivity index (χ1v) is 3.43. The van der Waals surface area contributed by atoms with Gasteiger partial charge in [0, 0.05) is 7.05 Å². The van der Waals surface area contributed by atoms with Crippen LogP contribution in [0.4, 0.5) is 0 Å². The van der Waals surface area contributed by atoms with E-state index in [9.17, 15) is 9.90 Å². The Kier molecular flexibility index (Phi) is 2.14. The molecule has 0 aromatic carbocycles. The Balaban J connectivity index is 2.98. The molecular formula is C7H10N2O3. The molecule has 0 aliphatic carbocycles. The Morgan fingerprint density at radius 3 is 2.83 bits per heavy atom. The van der Waals surface area contributed by atoms with E-state index >= 15 is 0 Å². The number of carboxylic acid groups (broad SMARTS) is 1. The Morgan fingerprint density at radius 2 is 2.33 bits per heavy atom. The molecule has 0 aromatic heterocycles. The van der Waals surface area contributed by atoms with Crippen molar-refractivity contribution in [3.05, 3.63) is 11.6 Å². The lowest BCUT2D eigenvalue weighted by atomic mass is 10.1. The number of hydrazone groups is 1. The predicted molar refractivity (Wildman–Crippen MR) is 42.6 cm³/mol. The third-order valence-electron chi connectivity index (χ3n) is 1.56. The maximum absolute atomic E-state index is 10.5. The van der Waals surface area contributed by atoms with Crippen molar-refractivity contribution in [2.75, 3.05) is 7.05 Å². The van der Waals surface area contributed by atoms with Crippen molar-refractivity contribution in [3.63, 3.8) is 0 Å². The lowest BCUT2D eigenvalue weighted by Gasteiger charge is -2.24. The van der Waals surface area contributed by atoms with Gasteiger partial charge in [0.1, 0.15) is 0 Å². The van der Waals surface area contributed by atoms with Crippen LogP contribution in [0.1, 0.15) is 6.92 Å². The summed E-state index contributed by atoms with van der Waals surface area (Å²) in [5.41, 5.74) is 0.519. The summed E-state index contributed by atoms with van der Waals surface area (Å²) in [6.45, 7) is 1.67. The summed E-state index contributed by atoms with van der Waals surface area (Å²) in [6.07, 6.45) is 0.207. The molecule has 5 heteroatoms. The molecule has 0 aromatic rings. The third-order valence-corrected chi connectivity index (χ3v) is 1.56. The summed E-state index contributed by atoms with van der Waals surface area (Å²) < 4.78 is 0. The SMILES string of the molecule is CC1=NN(C)C(O)C(C(=O)O)=C1. The summed E-state index contributed by atoms with van der Waals surface area (Å²) in [6, 6.07) is 0. The Bertz CT molecular complexity index is 270. The number of aliphatic carboxylic acids is 1. The number of hydrogen-bond acceptors (Lipinski definition) is 4. The van der Waals surface area contributed by atoms with Gasteiger partial charge in [-0.15, -0.1) is 0 Å². The van der Waals surface area contributed by atoms with Crippen LogP contribution >= 0.6 is 0 Å². The smallest absolute Gasteiger partial charge is 0.336 e. The van der Waals surface area contributed by atoms with Gasteiger partial charge in [0.2, 0.25) is 0 Å². The van der Waals surface area contributed by atoms with Crippen molar-refractivity contribution < 1.29 is 15.0 Å². The zero-order chi connectivity index (χ0) is 9.30. The second-order valence-electron chi connectivity index (χ2n) is 2.59. The van der Waals surface area contributed by atoms with Crippen molar-refractivity contribution in [1.82, 2.24) is 5.01 Å². The molecule has 5 nitrogen and oxygen atoms in total. The lowest BCUT2D eigenvalue weighted by Crippen LogP contribution is -2.35. The quantitative estimate of drug-likeness (QED) is 0.563. The highest BCUT2D eigenvalue weighted by Crippen LogP contribution is 2.12. The minimum Gasteiger partial charge on any atom is -0.478 e. The topological polar surface area (TPSA) is 73.1 Å². The molecule has 12 heavy (non-hydrogen) atoms. The van der Waals surface area contributed by atoms with E-state index in [2.05, 4.69) is 5.10 Å². The minimum absolute atomic E-state index is 0.0509. The largest absolute Gasteiger partial charge is 0.478 e. The second kappa shape index (κ2) is 2.94. The number of aliphatic hydroxyl groups excluding tert-OH is 1. The molecule has 0 radical (unpaired) electrons. The van der Waals surface area contributed by atoms with Gasteiger partial charge in [-0.25, -0.2) is 4.79 Å². The molecule has 0 fully saturated rings. The number of allylic oxidation sites excluding steroid dienone is 1. The molecule has 66 valence electrons. The van der Waals surface area contributed by atoms with E-state index in [1.807, 2.05) is 0 Å². The van der Waals surface area contributed by atoms with Crippen LogP contribution in [0.25, 0.3) is 0 Å². The van der Waals surface area contributed by atoms with E-state index in [0.717, 1.165) is 0 Å². The highest BCUT2D eigenvalue weighted by atomic mass is 16.4. The van der Waals surface area contributed by atoms with Gasteiger partial charge in [-0.2, -0.15) is 5.10 Å². The fraction of sp³-hybridized carbons (Fsp3) is 0.429. The molecule has 0 saturated carbocycles. The van der Waals surface area contributed by atoms with Gasteiger partial charge < -0.3 is 10.2 Å². The molecule has 0 bridgehead atoms. The molecule has 1 aliphatic rings. The normalized spacial score (nSPS) is 23.2. The monoisotopic (exact) mass is 170 g/mol. The highest BCUT2D eigenvalue weighted by Gasteiger charge is 2.24. The van der Waals surface area contributed by atoms with E-state index in [1.165, 1.54) is 18.1 Å². The molecule has 1 atom stereocenters. The standard InChI is InChI=1S/C7H10N2O3/c1-4-3-5(7(11)12)6(10)9(2)8-4/h3,6,10H,1-2H3,(H,11,12). The first-order valence-electron chi connectivity index (χ1n) is 3.43. The number of nitrogens with zero attached hydrogens (tertiary/aromatic N) is 2. The van der Waals surface area contributed by atoms with Gasteiger partial charge >= 0.3 is 5.97 Å². The zero-order valence-corrected chi connectivity index (χ0v) is 6.85.